The molecule has 1 fully saturated rings. The van der Waals surface area contributed by atoms with Gasteiger partial charge in [0.15, 0.2) is 0 Å². The predicted octanol–water partition coefficient (Wildman–Crippen LogP) is 2.17. The summed E-state index contributed by atoms with van der Waals surface area (Å²) < 4.78 is 32.5. The van der Waals surface area contributed by atoms with E-state index < -0.39 is 10.0 Å². The van der Waals surface area contributed by atoms with Gasteiger partial charge in [-0.25, -0.2) is 8.42 Å². The number of carbonyl (C=O) groups excluding carboxylic acids is 1. The second-order valence-corrected chi connectivity index (χ2v) is 8.68. The van der Waals surface area contributed by atoms with Crippen LogP contribution in [0.2, 0.25) is 0 Å². The van der Waals surface area contributed by atoms with Crippen LogP contribution in [-0.4, -0.2) is 58.6 Å². The average Bonchev–Trinajstić information content (AvgIpc) is 2.72. The maximum Gasteiger partial charge on any atom is 0.264 e. The highest BCUT2D eigenvalue weighted by atomic mass is 32.2. The van der Waals surface area contributed by atoms with Crippen molar-refractivity contribution in [1.29, 1.82) is 0 Å². The van der Waals surface area contributed by atoms with E-state index in [9.17, 15) is 13.2 Å². The number of hydrogen-bond donors (Lipinski definition) is 1. The van der Waals surface area contributed by atoms with Crippen molar-refractivity contribution in [2.45, 2.75) is 17.9 Å². The van der Waals surface area contributed by atoms with Gasteiger partial charge in [-0.2, -0.15) is 0 Å². The number of benzene rings is 2. The van der Waals surface area contributed by atoms with Crippen LogP contribution < -0.4 is 9.62 Å². The number of carbonyl (C=O) groups is 1. The second kappa shape index (κ2) is 8.62. The van der Waals surface area contributed by atoms with Crippen LogP contribution in [0, 0.1) is 0 Å². The number of rotatable bonds is 6. The molecule has 1 atom stereocenters. The lowest BCUT2D eigenvalue weighted by Crippen LogP contribution is -2.46. The Morgan fingerprint density at radius 3 is 2.68 bits per heavy atom. The van der Waals surface area contributed by atoms with Crippen molar-refractivity contribution in [2.75, 3.05) is 42.9 Å². The SMILES string of the molecule is CC1CN(C(=O)CNc2cccc(S(=O)(=O)N(C)c3ccccc3)c2)CCO1. The molecule has 1 unspecified atom stereocenters. The molecule has 8 heteroatoms. The van der Waals surface area contributed by atoms with Crippen molar-refractivity contribution >= 4 is 27.3 Å². The summed E-state index contributed by atoms with van der Waals surface area (Å²) in [5.41, 5.74) is 1.16. The van der Waals surface area contributed by atoms with E-state index in [1.807, 2.05) is 13.0 Å². The fourth-order valence-corrected chi connectivity index (χ4v) is 4.28. The van der Waals surface area contributed by atoms with Crippen molar-refractivity contribution in [3.8, 4) is 0 Å². The summed E-state index contributed by atoms with van der Waals surface area (Å²) >= 11 is 0. The molecular formula is C20H25N3O4S. The van der Waals surface area contributed by atoms with E-state index in [-0.39, 0.29) is 23.5 Å². The monoisotopic (exact) mass is 403 g/mol. The number of morpholine rings is 1. The van der Waals surface area contributed by atoms with Gasteiger partial charge >= 0.3 is 0 Å². The van der Waals surface area contributed by atoms with Gasteiger partial charge in [0.2, 0.25) is 5.91 Å². The van der Waals surface area contributed by atoms with Gasteiger partial charge in [0.25, 0.3) is 10.0 Å². The lowest BCUT2D eigenvalue weighted by Gasteiger charge is -2.31. The van der Waals surface area contributed by atoms with Gasteiger partial charge in [-0.1, -0.05) is 24.3 Å². The van der Waals surface area contributed by atoms with Crippen LogP contribution in [0.5, 0.6) is 0 Å². The first-order chi connectivity index (χ1) is 13.4. The first kappa shape index (κ1) is 20.2. The average molecular weight is 404 g/mol. The maximum atomic E-state index is 12.9. The molecule has 1 heterocycles. The number of sulfonamides is 1. The third-order valence-corrected chi connectivity index (χ3v) is 6.43. The summed E-state index contributed by atoms with van der Waals surface area (Å²) in [6, 6.07) is 15.4. The maximum absolute atomic E-state index is 12.9. The Bertz CT molecular complexity index is 918. The standard InChI is InChI=1S/C20H25N3O4S/c1-16-15-23(11-12-27-16)20(24)14-21-17-7-6-10-19(13-17)28(25,26)22(2)18-8-4-3-5-9-18/h3-10,13,16,21H,11-12,14-15H2,1-2H3. The molecule has 7 nitrogen and oxygen atoms in total. The highest BCUT2D eigenvalue weighted by Crippen LogP contribution is 2.23. The number of nitrogens with one attached hydrogen (secondary N) is 1. The first-order valence-electron chi connectivity index (χ1n) is 9.15. The highest BCUT2D eigenvalue weighted by molar-refractivity contribution is 7.92. The molecule has 0 aromatic heterocycles. The molecule has 0 saturated carbocycles. The molecule has 0 bridgehead atoms. The van der Waals surface area contributed by atoms with E-state index in [1.54, 1.807) is 53.4 Å². The third-order valence-electron chi connectivity index (χ3n) is 4.65. The van der Waals surface area contributed by atoms with Crippen LogP contribution in [0.15, 0.2) is 59.5 Å². The molecule has 150 valence electrons. The number of para-hydroxylation sites is 1. The van der Waals surface area contributed by atoms with Crippen LogP contribution in [0.1, 0.15) is 6.92 Å². The summed E-state index contributed by atoms with van der Waals surface area (Å²) in [5, 5.41) is 3.03. The number of hydrogen-bond acceptors (Lipinski definition) is 5. The van der Waals surface area contributed by atoms with Gasteiger partial charge < -0.3 is 15.0 Å². The molecule has 1 aliphatic heterocycles. The number of ether oxygens (including phenoxy) is 1. The zero-order valence-electron chi connectivity index (χ0n) is 16.0. The summed E-state index contributed by atoms with van der Waals surface area (Å²) in [6.45, 7) is 3.71. The van der Waals surface area contributed by atoms with E-state index >= 15 is 0 Å². The molecule has 1 aliphatic rings. The number of nitrogens with zero attached hydrogens (tertiary/aromatic N) is 2. The first-order valence-corrected chi connectivity index (χ1v) is 10.6. The van der Waals surface area contributed by atoms with Crippen LogP contribution in [-0.2, 0) is 19.6 Å². The Morgan fingerprint density at radius 2 is 1.96 bits per heavy atom. The Hall–Kier alpha value is -2.58. The van der Waals surface area contributed by atoms with E-state index in [4.69, 9.17) is 4.74 Å². The smallest absolute Gasteiger partial charge is 0.264 e. The van der Waals surface area contributed by atoms with Gasteiger partial charge in [0.05, 0.1) is 29.8 Å². The Kier molecular flexibility index (Phi) is 6.21. The highest BCUT2D eigenvalue weighted by Gasteiger charge is 2.23. The Balaban J connectivity index is 1.69. The van der Waals surface area contributed by atoms with E-state index in [0.717, 1.165) is 0 Å². The van der Waals surface area contributed by atoms with Crippen molar-refractivity contribution in [3.05, 3.63) is 54.6 Å². The van der Waals surface area contributed by atoms with Crippen LogP contribution >= 0.6 is 0 Å². The van der Waals surface area contributed by atoms with Crippen molar-refractivity contribution in [2.24, 2.45) is 0 Å². The number of anilines is 2. The van der Waals surface area contributed by atoms with Crippen LogP contribution in [0.4, 0.5) is 11.4 Å². The zero-order chi connectivity index (χ0) is 20.1. The van der Waals surface area contributed by atoms with Crippen LogP contribution in [0.3, 0.4) is 0 Å². The van der Waals surface area contributed by atoms with Crippen molar-refractivity contribution in [3.63, 3.8) is 0 Å². The van der Waals surface area contributed by atoms with Gasteiger partial charge in [0, 0.05) is 25.8 Å². The quantitative estimate of drug-likeness (QED) is 0.800. The molecule has 0 aliphatic carbocycles. The third kappa shape index (κ3) is 4.63. The molecule has 2 aromatic carbocycles. The molecule has 3 rings (SSSR count). The Labute approximate surface area is 166 Å². The van der Waals surface area contributed by atoms with Gasteiger partial charge in [-0.3, -0.25) is 9.10 Å². The minimum Gasteiger partial charge on any atom is -0.376 e. The molecule has 0 radical (unpaired) electrons. The fraction of sp³-hybridized carbons (Fsp3) is 0.350. The summed E-state index contributed by atoms with van der Waals surface area (Å²) in [4.78, 5) is 14.3. The molecule has 2 aromatic rings. The fourth-order valence-electron chi connectivity index (χ4n) is 3.04. The topological polar surface area (TPSA) is 79.0 Å². The minimum atomic E-state index is -3.70. The summed E-state index contributed by atoms with van der Waals surface area (Å²) in [5.74, 6) is -0.0372. The van der Waals surface area contributed by atoms with Gasteiger partial charge in [-0.15, -0.1) is 0 Å². The van der Waals surface area contributed by atoms with Gasteiger partial charge in [0.1, 0.15) is 0 Å². The number of amides is 1. The zero-order valence-corrected chi connectivity index (χ0v) is 16.9. The summed E-state index contributed by atoms with van der Waals surface area (Å²) in [7, 11) is -2.18. The molecule has 28 heavy (non-hydrogen) atoms. The normalized spacial score (nSPS) is 17.2. The van der Waals surface area contributed by atoms with E-state index in [1.165, 1.54) is 11.4 Å². The lowest BCUT2D eigenvalue weighted by atomic mass is 10.3. The molecule has 1 amide bonds. The summed E-state index contributed by atoms with van der Waals surface area (Å²) in [6.07, 6.45) is 0.0275. The van der Waals surface area contributed by atoms with Crippen molar-refractivity contribution < 1.29 is 17.9 Å². The van der Waals surface area contributed by atoms with Crippen molar-refractivity contribution in [1.82, 2.24) is 4.90 Å². The van der Waals surface area contributed by atoms with E-state index in [0.29, 0.717) is 31.1 Å². The minimum absolute atomic E-state index is 0.0275. The molecule has 0 spiro atoms. The van der Waals surface area contributed by atoms with Crippen LogP contribution in [0.25, 0.3) is 0 Å². The molecule has 1 N–H and O–H groups in total. The Morgan fingerprint density at radius 1 is 1.21 bits per heavy atom. The van der Waals surface area contributed by atoms with E-state index in [2.05, 4.69) is 5.32 Å². The second-order valence-electron chi connectivity index (χ2n) is 6.71. The predicted molar refractivity (Wildman–Crippen MR) is 109 cm³/mol. The lowest BCUT2D eigenvalue weighted by molar-refractivity contribution is -0.136. The molecule has 1 saturated heterocycles. The largest absolute Gasteiger partial charge is 0.376 e. The molecular weight excluding hydrogens is 378 g/mol. The van der Waals surface area contributed by atoms with Gasteiger partial charge in [-0.05, 0) is 37.3 Å².